The van der Waals surface area contributed by atoms with Crippen LogP contribution in [-0.2, 0) is 11.2 Å². The lowest BCUT2D eigenvalue weighted by Crippen LogP contribution is -2.60. The van der Waals surface area contributed by atoms with E-state index in [4.69, 9.17) is 4.74 Å². The van der Waals surface area contributed by atoms with Gasteiger partial charge < -0.3 is 15.4 Å². The zero-order chi connectivity index (χ0) is 19.1. The SMILES string of the molecule is CN=C(NCCc1ccc(F)cc1C)NCC1(N2CCOCC2)CCSC1. The van der Waals surface area contributed by atoms with Gasteiger partial charge in [-0.1, -0.05) is 6.07 Å². The van der Waals surface area contributed by atoms with Gasteiger partial charge >= 0.3 is 0 Å². The third kappa shape index (κ3) is 5.36. The molecule has 27 heavy (non-hydrogen) atoms. The molecule has 1 aromatic rings. The maximum absolute atomic E-state index is 13.2. The molecule has 2 N–H and O–H groups in total. The second-order valence-electron chi connectivity index (χ2n) is 7.30. The number of benzene rings is 1. The highest BCUT2D eigenvalue weighted by atomic mass is 32.2. The molecule has 0 aliphatic carbocycles. The van der Waals surface area contributed by atoms with Crippen LogP contribution in [0.25, 0.3) is 0 Å². The number of hydrogen-bond acceptors (Lipinski definition) is 4. The van der Waals surface area contributed by atoms with Gasteiger partial charge in [0.2, 0.25) is 0 Å². The van der Waals surface area contributed by atoms with Gasteiger partial charge in [-0.05, 0) is 48.8 Å². The molecule has 0 saturated carbocycles. The van der Waals surface area contributed by atoms with E-state index in [1.54, 1.807) is 6.07 Å². The Kier molecular flexibility index (Phi) is 7.38. The van der Waals surface area contributed by atoms with E-state index in [1.807, 2.05) is 31.8 Å². The lowest BCUT2D eigenvalue weighted by molar-refractivity contribution is -0.0120. The van der Waals surface area contributed by atoms with E-state index in [1.165, 1.54) is 18.2 Å². The average molecular weight is 395 g/mol. The molecule has 1 aromatic carbocycles. The van der Waals surface area contributed by atoms with Crippen molar-refractivity contribution < 1.29 is 9.13 Å². The smallest absolute Gasteiger partial charge is 0.191 e. The van der Waals surface area contributed by atoms with E-state index in [2.05, 4.69) is 20.5 Å². The predicted octanol–water partition coefficient (Wildman–Crippen LogP) is 2.05. The van der Waals surface area contributed by atoms with Crippen molar-refractivity contribution in [3.05, 3.63) is 35.1 Å². The van der Waals surface area contributed by atoms with E-state index in [0.717, 1.165) is 68.7 Å². The largest absolute Gasteiger partial charge is 0.379 e. The van der Waals surface area contributed by atoms with Crippen molar-refractivity contribution in [3.63, 3.8) is 0 Å². The van der Waals surface area contributed by atoms with E-state index in [-0.39, 0.29) is 11.4 Å². The summed E-state index contributed by atoms with van der Waals surface area (Å²) in [6.07, 6.45) is 2.05. The predicted molar refractivity (Wildman–Crippen MR) is 111 cm³/mol. The van der Waals surface area contributed by atoms with Crippen LogP contribution in [0.2, 0.25) is 0 Å². The summed E-state index contributed by atoms with van der Waals surface area (Å²) in [5, 5.41) is 6.94. The summed E-state index contributed by atoms with van der Waals surface area (Å²) in [5.41, 5.74) is 2.35. The van der Waals surface area contributed by atoms with Gasteiger partial charge in [0.25, 0.3) is 0 Å². The number of rotatable bonds is 6. The van der Waals surface area contributed by atoms with Crippen LogP contribution in [0, 0.1) is 12.7 Å². The van der Waals surface area contributed by atoms with Gasteiger partial charge in [0, 0.05) is 44.5 Å². The van der Waals surface area contributed by atoms with Gasteiger partial charge in [-0.2, -0.15) is 11.8 Å². The van der Waals surface area contributed by atoms with Crippen molar-refractivity contribution in [1.29, 1.82) is 0 Å². The molecule has 2 heterocycles. The summed E-state index contributed by atoms with van der Waals surface area (Å²) in [6.45, 7) is 7.30. The van der Waals surface area contributed by atoms with Crippen LogP contribution in [0.4, 0.5) is 4.39 Å². The van der Waals surface area contributed by atoms with Crippen LogP contribution in [0.15, 0.2) is 23.2 Å². The third-order valence-electron chi connectivity index (χ3n) is 5.56. The molecule has 3 rings (SSSR count). The van der Waals surface area contributed by atoms with E-state index >= 15 is 0 Å². The minimum absolute atomic E-state index is 0.176. The molecule has 0 radical (unpaired) electrons. The fraction of sp³-hybridized carbons (Fsp3) is 0.650. The highest BCUT2D eigenvalue weighted by Crippen LogP contribution is 2.33. The lowest BCUT2D eigenvalue weighted by atomic mass is 9.95. The van der Waals surface area contributed by atoms with Crippen LogP contribution in [-0.4, -0.2) is 74.3 Å². The maximum Gasteiger partial charge on any atom is 0.191 e. The van der Waals surface area contributed by atoms with Crippen LogP contribution >= 0.6 is 11.8 Å². The van der Waals surface area contributed by atoms with Crippen LogP contribution in [0.1, 0.15) is 17.5 Å². The number of nitrogens with zero attached hydrogens (tertiary/aromatic N) is 2. The number of halogens is 1. The number of hydrogen-bond donors (Lipinski definition) is 2. The van der Waals surface area contributed by atoms with Gasteiger partial charge in [0.15, 0.2) is 5.96 Å². The average Bonchev–Trinajstić information content (AvgIpc) is 3.17. The molecule has 1 atom stereocenters. The van der Waals surface area contributed by atoms with Crippen molar-refractivity contribution in [2.24, 2.45) is 4.99 Å². The molecule has 150 valence electrons. The molecule has 1 unspecified atom stereocenters. The van der Waals surface area contributed by atoms with Crippen molar-refractivity contribution in [2.45, 2.75) is 25.3 Å². The summed E-state index contributed by atoms with van der Waals surface area (Å²) in [5.74, 6) is 3.03. The number of aryl methyl sites for hydroxylation is 1. The van der Waals surface area contributed by atoms with Gasteiger partial charge in [0.05, 0.1) is 13.2 Å². The van der Waals surface area contributed by atoms with E-state index < -0.39 is 0 Å². The number of morpholine rings is 1. The fourth-order valence-corrected chi connectivity index (χ4v) is 5.34. The van der Waals surface area contributed by atoms with Crippen molar-refractivity contribution in [2.75, 3.05) is 57.9 Å². The first-order valence-corrected chi connectivity index (χ1v) is 10.9. The number of ether oxygens (including phenoxy) is 1. The molecule has 2 fully saturated rings. The van der Waals surface area contributed by atoms with Crippen LogP contribution in [0.3, 0.4) is 0 Å². The molecule has 5 nitrogen and oxygen atoms in total. The first-order chi connectivity index (χ1) is 13.1. The Labute approximate surface area is 166 Å². The highest BCUT2D eigenvalue weighted by molar-refractivity contribution is 7.99. The Morgan fingerprint density at radius 2 is 2.15 bits per heavy atom. The van der Waals surface area contributed by atoms with Gasteiger partial charge in [-0.3, -0.25) is 9.89 Å². The Balaban J connectivity index is 1.50. The zero-order valence-electron chi connectivity index (χ0n) is 16.4. The van der Waals surface area contributed by atoms with E-state index in [9.17, 15) is 4.39 Å². The second-order valence-corrected chi connectivity index (χ2v) is 8.40. The summed E-state index contributed by atoms with van der Waals surface area (Å²) in [7, 11) is 1.81. The summed E-state index contributed by atoms with van der Waals surface area (Å²) < 4.78 is 18.8. The summed E-state index contributed by atoms with van der Waals surface area (Å²) in [6, 6.07) is 4.98. The molecule has 2 aliphatic heterocycles. The molecule has 0 bridgehead atoms. The maximum atomic E-state index is 13.2. The topological polar surface area (TPSA) is 48.9 Å². The van der Waals surface area contributed by atoms with Gasteiger partial charge in [-0.15, -0.1) is 0 Å². The standard InChI is InChI=1S/C20H31FN4OS/c1-16-13-18(21)4-3-17(16)5-7-23-19(22-2)24-14-20(6-12-27-15-20)25-8-10-26-11-9-25/h3-4,13H,5-12,14-15H2,1-2H3,(H2,22,23,24). The third-order valence-corrected chi connectivity index (χ3v) is 6.80. The molecule has 7 heteroatoms. The number of nitrogens with one attached hydrogen (secondary N) is 2. The monoisotopic (exact) mass is 394 g/mol. The second kappa shape index (κ2) is 9.75. The molecule has 0 spiro atoms. The molecule has 0 amide bonds. The van der Waals surface area contributed by atoms with Crippen LogP contribution in [0.5, 0.6) is 0 Å². The number of aliphatic imine (C=N–C) groups is 1. The molecular formula is C20H31FN4OS. The van der Waals surface area contributed by atoms with Crippen molar-refractivity contribution in [3.8, 4) is 0 Å². The first-order valence-electron chi connectivity index (χ1n) is 9.73. The number of guanidine groups is 1. The Morgan fingerprint density at radius 3 is 2.81 bits per heavy atom. The Hall–Kier alpha value is -1.31. The van der Waals surface area contributed by atoms with Crippen molar-refractivity contribution >= 4 is 17.7 Å². The number of thioether (sulfide) groups is 1. The zero-order valence-corrected chi connectivity index (χ0v) is 17.2. The first kappa shape index (κ1) is 20.4. The molecule has 2 saturated heterocycles. The quantitative estimate of drug-likeness (QED) is 0.571. The Morgan fingerprint density at radius 1 is 1.33 bits per heavy atom. The summed E-state index contributed by atoms with van der Waals surface area (Å²) in [4.78, 5) is 6.97. The molecule has 0 aromatic heterocycles. The molecular weight excluding hydrogens is 363 g/mol. The molecule has 2 aliphatic rings. The fourth-order valence-electron chi connectivity index (χ4n) is 3.86. The van der Waals surface area contributed by atoms with Crippen LogP contribution < -0.4 is 10.6 Å². The minimum atomic E-state index is -0.176. The van der Waals surface area contributed by atoms with Crippen molar-refractivity contribution in [1.82, 2.24) is 15.5 Å². The normalized spacial score (nSPS) is 24.2. The van der Waals surface area contributed by atoms with Gasteiger partial charge in [-0.25, -0.2) is 4.39 Å². The summed E-state index contributed by atoms with van der Waals surface area (Å²) >= 11 is 2.04. The lowest BCUT2D eigenvalue weighted by Gasteiger charge is -2.43. The van der Waals surface area contributed by atoms with Gasteiger partial charge in [0.1, 0.15) is 5.82 Å². The highest BCUT2D eigenvalue weighted by Gasteiger charge is 2.40. The minimum Gasteiger partial charge on any atom is -0.379 e. The van der Waals surface area contributed by atoms with E-state index in [0.29, 0.717) is 0 Å². The Bertz CT molecular complexity index is 643.